The van der Waals surface area contributed by atoms with Crippen LogP contribution in [0.5, 0.6) is 0 Å². The topological polar surface area (TPSA) is 123 Å². The van der Waals surface area contributed by atoms with Crippen LogP contribution in [0, 0.1) is 0 Å². The number of aryl methyl sites for hydroxylation is 1. The number of nitrogens with zero attached hydrogens (tertiary/aromatic N) is 3. The van der Waals surface area contributed by atoms with E-state index in [0.29, 0.717) is 22.4 Å². The number of anilines is 1. The van der Waals surface area contributed by atoms with Crippen LogP contribution in [-0.2, 0) is 17.1 Å². The van der Waals surface area contributed by atoms with Gasteiger partial charge in [0.15, 0.2) is 11.2 Å². The third-order valence-corrected chi connectivity index (χ3v) is 4.98. The summed E-state index contributed by atoms with van der Waals surface area (Å²) in [6, 6.07) is 5.82. The number of nitrogens with one attached hydrogen (secondary N) is 2. The van der Waals surface area contributed by atoms with E-state index in [9.17, 15) is 13.2 Å². The van der Waals surface area contributed by atoms with Gasteiger partial charge in [0.2, 0.25) is 0 Å². The van der Waals surface area contributed by atoms with Crippen LogP contribution in [0.25, 0.3) is 22.3 Å². The third kappa shape index (κ3) is 2.24. The lowest BCUT2D eigenvalue weighted by molar-refractivity contribution is 0.527. The number of hydrogen-bond donors (Lipinski definition) is 2. The normalized spacial score (nSPS) is 12.0. The van der Waals surface area contributed by atoms with E-state index in [1.807, 2.05) is 0 Å². The second-order valence-corrected chi connectivity index (χ2v) is 6.84. The van der Waals surface area contributed by atoms with Crippen molar-refractivity contribution in [3.05, 3.63) is 47.3 Å². The maximum Gasteiger partial charge on any atom is 0.419 e. The molecule has 9 nitrogen and oxygen atoms in total. The maximum atomic E-state index is 12.5. The van der Waals surface area contributed by atoms with E-state index in [1.54, 1.807) is 13.1 Å². The molecule has 122 valence electrons. The van der Waals surface area contributed by atoms with E-state index in [1.165, 1.54) is 35.3 Å². The van der Waals surface area contributed by atoms with Gasteiger partial charge in [0.25, 0.3) is 10.0 Å². The molecule has 1 aromatic carbocycles. The van der Waals surface area contributed by atoms with Crippen LogP contribution in [-0.4, -0.2) is 27.9 Å². The second kappa shape index (κ2) is 4.93. The lowest BCUT2D eigenvalue weighted by Crippen LogP contribution is -2.13. The van der Waals surface area contributed by atoms with E-state index >= 15 is 0 Å². The summed E-state index contributed by atoms with van der Waals surface area (Å²) in [6.45, 7) is 0. The zero-order chi connectivity index (χ0) is 16.9. The molecule has 0 amide bonds. The summed E-state index contributed by atoms with van der Waals surface area (Å²) in [4.78, 5) is 22.4. The minimum atomic E-state index is -3.86. The summed E-state index contributed by atoms with van der Waals surface area (Å²) in [5.74, 6) is -0.554. The molecule has 0 saturated carbocycles. The zero-order valence-electron chi connectivity index (χ0n) is 12.3. The molecule has 10 heteroatoms. The van der Waals surface area contributed by atoms with E-state index in [-0.39, 0.29) is 10.5 Å². The number of hydrogen-bond acceptors (Lipinski definition) is 6. The SMILES string of the molecule is Cn1c(=O)oc2cc(S(=O)(=O)Nc3cnc4nc[nH]c4c3)ccc21. The Morgan fingerprint density at radius 1 is 1.25 bits per heavy atom. The molecule has 0 aliphatic heterocycles. The van der Waals surface area contributed by atoms with Crippen LogP contribution in [0.4, 0.5) is 5.69 Å². The maximum absolute atomic E-state index is 12.5. The molecule has 3 aromatic heterocycles. The molecule has 0 bridgehead atoms. The summed E-state index contributed by atoms with van der Waals surface area (Å²) >= 11 is 0. The van der Waals surface area contributed by atoms with Crippen LogP contribution in [0.2, 0.25) is 0 Å². The molecule has 0 aliphatic carbocycles. The van der Waals surface area contributed by atoms with Crippen molar-refractivity contribution in [2.75, 3.05) is 4.72 Å². The third-order valence-electron chi connectivity index (χ3n) is 3.60. The van der Waals surface area contributed by atoms with Gasteiger partial charge in [-0.3, -0.25) is 9.29 Å². The first-order valence-corrected chi connectivity index (χ1v) is 8.34. The van der Waals surface area contributed by atoms with Crippen molar-refractivity contribution >= 4 is 38.0 Å². The van der Waals surface area contributed by atoms with Gasteiger partial charge in [-0.2, -0.15) is 0 Å². The van der Waals surface area contributed by atoms with E-state index in [2.05, 4.69) is 19.7 Å². The first-order valence-electron chi connectivity index (χ1n) is 6.85. The molecule has 2 N–H and O–H groups in total. The highest BCUT2D eigenvalue weighted by Crippen LogP contribution is 2.21. The smallest absolute Gasteiger partial charge is 0.408 e. The lowest BCUT2D eigenvalue weighted by Gasteiger charge is -2.07. The minimum Gasteiger partial charge on any atom is -0.408 e. The Hall–Kier alpha value is -3.14. The van der Waals surface area contributed by atoms with Crippen LogP contribution in [0.3, 0.4) is 0 Å². The van der Waals surface area contributed by atoms with Crippen molar-refractivity contribution in [3.63, 3.8) is 0 Å². The van der Waals surface area contributed by atoms with Crippen molar-refractivity contribution in [1.82, 2.24) is 19.5 Å². The monoisotopic (exact) mass is 345 g/mol. The average molecular weight is 345 g/mol. The quantitative estimate of drug-likeness (QED) is 0.575. The molecule has 24 heavy (non-hydrogen) atoms. The van der Waals surface area contributed by atoms with Crippen molar-refractivity contribution in [2.24, 2.45) is 7.05 Å². The highest BCUT2D eigenvalue weighted by molar-refractivity contribution is 7.92. The fourth-order valence-electron chi connectivity index (χ4n) is 2.38. The zero-order valence-corrected chi connectivity index (χ0v) is 13.2. The Morgan fingerprint density at radius 3 is 2.92 bits per heavy atom. The van der Waals surface area contributed by atoms with Gasteiger partial charge in [-0.05, 0) is 18.2 Å². The van der Waals surface area contributed by atoms with E-state index in [0.717, 1.165) is 0 Å². The number of benzene rings is 1. The van der Waals surface area contributed by atoms with Crippen LogP contribution < -0.4 is 10.5 Å². The Labute approximate surface area is 135 Å². The highest BCUT2D eigenvalue weighted by Gasteiger charge is 2.17. The first-order chi connectivity index (χ1) is 11.4. The fraction of sp³-hybridized carbons (Fsp3) is 0.0714. The van der Waals surface area contributed by atoms with Gasteiger partial charge in [-0.25, -0.2) is 23.2 Å². The number of aromatic nitrogens is 4. The molecule has 0 radical (unpaired) electrons. The number of rotatable bonds is 3. The molecule has 0 saturated heterocycles. The summed E-state index contributed by atoms with van der Waals surface area (Å²) < 4.78 is 33.8. The molecule has 0 fully saturated rings. The van der Waals surface area contributed by atoms with Crippen LogP contribution in [0.15, 0.2) is 50.9 Å². The first kappa shape index (κ1) is 14.5. The highest BCUT2D eigenvalue weighted by atomic mass is 32.2. The Kier molecular flexibility index (Phi) is 2.97. The number of H-pyrrole nitrogens is 1. The summed E-state index contributed by atoms with van der Waals surface area (Å²) in [6.07, 6.45) is 2.85. The molecule has 0 unspecified atom stereocenters. The van der Waals surface area contributed by atoms with Crippen molar-refractivity contribution in [2.45, 2.75) is 4.90 Å². The average Bonchev–Trinajstić information content (AvgIpc) is 3.11. The molecular weight excluding hydrogens is 334 g/mol. The number of imidazole rings is 1. The summed E-state index contributed by atoms with van der Waals surface area (Å²) in [5.41, 5.74) is 2.11. The summed E-state index contributed by atoms with van der Waals surface area (Å²) in [5, 5.41) is 0. The Balaban J connectivity index is 1.75. The van der Waals surface area contributed by atoms with Crippen LogP contribution in [0.1, 0.15) is 0 Å². The minimum absolute atomic E-state index is 0.0194. The fourth-order valence-corrected chi connectivity index (χ4v) is 3.43. The Bertz CT molecular complexity index is 1240. The molecule has 3 heterocycles. The number of fused-ring (bicyclic) bond motifs is 2. The molecule has 0 spiro atoms. The molecular formula is C14H11N5O4S. The van der Waals surface area contributed by atoms with Gasteiger partial charge in [-0.15, -0.1) is 0 Å². The number of oxazole rings is 1. The van der Waals surface area contributed by atoms with Crippen molar-refractivity contribution < 1.29 is 12.8 Å². The predicted octanol–water partition coefficient (Wildman–Crippen LogP) is 1.20. The number of aromatic amines is 1. The van der Waals surface area contributed by atoms with Gasteiger partial charge in [0.1, 0.15) is 0 Å². The molecule has 4 aromatic rings. The molecule has 4 rings (SSSR count). The largest absolute Gasteiger partial charge is 0.419 e. The standard InChI is InChI=1S/C14H11N5O4S/c1-19-11-3-2-9(5-12(11)23-14(19)20)24(21,22)18-8-4-10-13(15-6-8)17-7-16-10/h2-7,18H,1H3,(H,15,16,17). The van der Waals surface area contributed by atoms with Gasteiger partial charge in [0.05, 0.1) is 34.1 Å². The van der Waals surface area contributed by atoms with Crippen molar-refractivity contribution in [1.29, 1.82) is 0 Å². The number of sulfonamides is 1. The van der Waals surface area contributed by atoms with Crippen molar-refractivity contribution in [3.8, 4) is 0 Å². The van der Waals surface area contributed by atoms with E-state index in [4.69, 9.17) is 4.42 Å². The lowest BCUT2D eigenvalue weighted by atomic mass is 10.3. The van der Waals surface area contributed by atoms with Gasteiger partial charge < -0.3 is 9.40 Å². The Morgan fingerprint density at radius 2 is 2.08 bits per heavy atom. The van der Waals surface area contributed by atoms with E-state index < -0.39 is 15.8 Å². The van der Waals surface area contributed by atoms with Gasteiger partial charge in [0, 0.05) is 13.1 Å². The van der Waals surface area contributed by atoms with Gasteiger partial charge >= 0.3 is 5.76 Å². The van der Waals surface area contributed by atoms with Crippen LogP contribution >= 0.6 is 0 Å². The molecule has 0 atom stereocenters. The van der Waals surface area contributed by atoms with Gasteiger partial charge in [-0.1, -0.05) is 0 Å². The predicted molar refractivity (Wildman–Crippen MR) is 86.2 cm³/mol. The summed E-state index contributed by atoms with van der Waals surface area (Å²) in [7, 11) is -2.31. The number of pyridine rings is 1. The molecule has 0 aliphatic rings. The second-order valence-electron chi connectivity index (χ2n) is 5.16.